The van der Waals surface area contributed by atoms with Gasteiger partial charge >= 0.3 is 0 Å². The normalized spacial score (nSPS) is 16.0. The molecule has 0 bridgehead atoms. The van der Waals surface area contributed by atoms with Gasteiger partial charge in [0, 0.05) is 24.5 Å². The molecular weight excluding hydrogens is 508 g/mol. The van der Waals surface area contributed by atoms with Crippen LogP contribution in [0, 0.1) is 5.92 Å². The molecule has 224 valence electrons. The molecule has 2 nitrogen and oxygen atoms in total. The van der Waals surface area contributed by atoms with Crippen LogP contribution in [0.5, 0.6) is 0 Å². The Morgan fingerprint density at radius 3 is 2.12 bits per heavy atom. The Labute approximate surface area is 256 Å². The number of aryl methyl sites for hydroxylation is 1. The number of benzene rings is 3. The number of likely N-dealkylation sites (N-methyl/N-ethyl adjacent to an activating group) is 1. The van der Waals surface area contributed by atoms with Crippen LogP contribution in [0.4, 0.5) is 11.4 Å². The molecule has 0 atom stereocenters. The average Bonchev–Trinajstić information content (AvgIpc) is 3.62. The monoisotopic (exact) mass is 562 g/mol. The van der Waals surface area contributed by atoms with Crippen LogP contribution in [-0.4, -0.2) is 13.1 Å². The quantitative estimate of drug-likeness (QED) is 0.303. The first-order valence-electron chi connectivity index (χ1n) is 16.7. The summed E-state index contributed by atoms with van der Waals surface area (Å²) in [6, 6.07) is 22.4. The maximum atomic E-state index is 6.16. The van der Waals surface area contributed by atoms with Crippen LogP contribution >= 0.6 is 0 Å². The summed E-state index contributed by atoms with van der Waals surface area (Å²) in [6.45, 7) is 15.1. The number of nitrogens with zero attached hydrogens (tertiary/aromatic N) is 1. The van der Waals surface area contributed by atoms with Gasteiger partial charge in [0.2, 0.25) is 0 Å². The molecule has 3 aromatic rings. The van der Waals surface area contributed by atoms with Crippen molar-refractivity contribution in [1.29, 1.82) is 0 Å². The van der Waals surface area contributed by atoms with E-state index in [1.165, 1.54) is 89.6 Å². The SMILES string of the molecule is C=Cc1ccc(C2=C(c3ccc4c(c3)CCN4CC)CCCc3cc(N)ccc32)cc1.CC1CCCC1.CCCCC. The van der Waals surface area contributed by atoms with E-state index in [1.54, 1.807) is 0 Å². The third-order valence-corrected chi connectivity index (χ3v) is 9.16. The van der Waals surface area contributed by atoms with Crippen molar-refractivity contribution in [2.75, 3.05) is 23.7 Å². The third-order valence-electron chi connectivity index (χ3n) is 9.16. The van der Waals surface area contributed by atoms with Gasteiger partial charge < -0.3 is 10.6 Å². The van der Waals surface area contributed by atoms with Crippen molar-refractivity contribution >= 4 is 28.6 Å². The molecule has 2 aliphatic carbocycles. The summed E-state index contributed by atoms with van der Waals surface area (Å²) < 4.78 is 0. The zero-order valence-electron chi connectivity index (χ0n) is 26.9. The summed E-state index contributed by atoms with van der Waals surface area (Å²) in [6.07, 6.45) is 16.3. The lowest BCUT2D eigenvalue weighted by Gasteiger charge is -2.19. The number of hydrogen-bond acceptors (Lipinski definition) is 2. The van der Waals surface area contributed by atoms with Crippen molar-refractivity contribution in [3.8, 4) is 0 Å². The van der Waals surface area contributed by atoms with Crippen LogP contribution in [0.15, 0.2) is 67.2 Å². The summed E-state index contributed by atoms with van der Waals surface area (Å²) in [5.74, 6) is 1.05. The van der Waals surface area contributed by atoms with Crippen molar-refractivity contribution in [3.05, 3.63) is 101 Å². The maximum Gasteiger partial charge on any atom is 0.0399 e. The lowest BCUT2D eigenvalue weighted by atomic mass is 9.87. The predicted octanol–water partition coefficient (Wildman–Crippen LogP) is 11.0. The van der Waals surface area contributed by atoms with Gasteiger partial charge in [-0.3, -0.25) is 0 Å². The zero-order chi connectivity index (χ0) is 29.9. The predicted molar refractivity (Wildman–Crippen MR) is 187 cm³/mol. The molecule has 0 amide bonds. The van der Waals surface area contributed by atoms with E-state index in [1.807, 2.05) is 12.1 Å². The fraction of sp³-hybridized carbons (Fsp3) is 0.450. The lowest BCUT2D eigenvalue weighted by molar-refractivity contribution is 0.612. The highest BCUT2D eigenvalue weighted by Gasteiger charge is 2.23. The molecule has 2 heteroatoms. The Morgan fingerprint density at radius 1 is 0.810 bits per heavy atom. The van der Waals surface area contributed by atoms with E-state index < -0.39 is 0 Å². The Morgan fingerprint density at radius 2 is 1.52 bits per heavy atom. The molecule has 0 saturated heterocycles. The van der Waals surface area contributed by atoms with Gasteiger partial charge in [0.05, 0.1) is 0 Å². The van der Waals surface area contributed by atoms with Crippen molar-refractivity contribution in [2.45, 2.75) is 98.3 Å². The number of nitrogen functional groups attached to an aromatic ring is 1. The minimum absolute atomic E-state index is 0.848. The highest BCUT2D eigenvalue weighted by Crippen LogP contribution is 2.42. The first-order valence-corrected chi connectivity index (χ1v) is 16.7. The highest BCUT2D eigenvalue weighted by molar-refractivity contribution is 6.00. The molecular formula is C40H54N2. The van der Waals surface area contributed by atoms with Gasteiger partial charge in [-0.2, -0.15) is 0 Å². The topological polar surface area (TPSA) is 29.3 Å². The smallest absolute Gasteiger partial charge is 0.0399 e. The molecule has 0 unspecified atom stereocenters. The molecule has 0 spiro atoms. The van der Waals surface area contributed by atoms with Gasteiger partial charge in [-0.15, -0.1) is 0 Å². The van der Waals surface area contributed by atoms with Crippen LogP contribution in [0.3, 0.4) is 0 Å². The van der Waals surface area contributed by atoms with Gasteiger partial charge in [-0.05, 0) is 107 Å². The van der Waals surface area contributed by atoms with Crippen molar-refractivity contribution < 1.29 is 0 Å². The molecule has 1 saturated carbocycles. The number of nitrogens with two attached hydrogens (primary N) is 1. The fourth-order valence-electron chi connectivity index (χ4n) is 6.68. The Hall–Kier alpha value is -3.26. The van der Waals surface area contributed by atoms with Crippen molar-refractivity contribution in [1.82, 2.24) is 0 Å². The van der Waals surface area contributed by atoms with Crippen LogP contribution in [0.1, 0.15) is 119 Å². The van der Waals surface area contributed by atoms with Gasteiger partial charge in [0.25, 0.3) is 0 Å². The summed E-state index contributed by atoms with van der Waals surface area (Å²) in [4.78, 5) is 2.48. The number of allylic oxidation sites excluding steroid dienone is 1. The van der Waals surface area contributed by atoms with E-state index >= 15 is 0 Å². The van der Waals surface area contributed by atoms with Crippen molar-refractivity contribution in [3.63, 3.8) is 0 Å². The Balaban J connectivity index is 0.000000311. The second-order valence-electron chi connectivity index (χ2n) is 12.4. The standard InChI is InChI=1S/C29H30N2.C6H12.C5H12/c1-3-20-8-10-21(11-9-20)29-26(7-5-6-22-19-25(30)13-14-27(22)29)23-12-15-28-24(18-23)16-17-31(28)4-2;1-6-4-2-3-5-6;1-3-5-4-2/h3,8-15,18-19H,1,4-7,16-17,30H2,2H3;6H,2-5H2,1H3;3-5H2,1-2H3. The molecule has 0 radical (unpaired) electrons. The first kappa shape index (κ1) is 31.7. The maximum absolute atomic E-state index is 6.16. The molecule has 6 rings (SSSR count). The summed E-state index contributed by atoms with van der Waals surface area (Å²) in [5, 5.41) is 0. The number of fused-ring (bicyclic) bond motifs is 2. The molecule has 0 aromatic heterocycles. The summed E-state index contributed by atoms with van der Waals surface area (Å²) in [7, 11) is 0. The molecule has 3 aliphatic rings. The third kappa shape index (κ3) is 7.97. The Bertz CT molecular complexity index is 1320. The lowest BCUT2D eigenvalue weighted by Crippen LogP contribution is -2.18. The second-order valence-corrected chi connectivity index (χ2v) is 12.4. The molecule has 1 aliphatic heterocycles. The van der Waals surface area contributed by atoms with Gasteiger partial charge in [-0.1, -0.05) is 115 Å². The minimum Gasteiger partial charge on any atom is -0.399 e. The highest BCUT2D eigenvalue weighted by atomic mass is 15.1. The number of hydrogen-bond donors (Lipinski definition) is 1. The van der Waals surface area contributed by atoms with Gasteiger partial charge in [0.1, 0.15) is 0 Å². The largest absolute Gasteiger partial charge is 0.399 e. The van der Waals surface area contributed by atoms with Crippen molar-refractivity contribution in [2.24, 2.45) is 5.92 Å². The number of anilines is 2. The van der Waals surface area contributed by atoms with Crippen LogP contribution in [-0.2, 0) is 12.8 Å². The van der Waals surface area contributed by atoms with Gasteiger partial charge in [0.15, 0.2) is 0 Å². The first-order chi connectivity index (χ1) is 20.5. The van der Waals surface area contributed by atoms with Crippen LogP contribution < -0.4 is 10.6 Å². The van der Waals surface area contributed by atoms with E-state index in [0.29, 0.717) is 0 Å². The molecule has 1 heterocycles. The van der Waals surface area contributed by atoms with Gasteiger partial charge in [-0.25, -0.2) is 0 Å². The van der Waals surface area contributed by atoms with E-state index in [-0.39, 0.29) is 0 Å². The second kappa shape index (κ2) is 15.8. The minimum atomic E-state index is 0.848. The Kier molecular flexibility index (Phi) is 11.9. The fourth-order valence-corrected chi connectivity index (χ4v) is 6.68. The summed E-state index contributed by atoms with van der Waals surface area (Å²) in [5.41, 5.74) is 19.2. The van der Waals surface area contributed by atoms with E-state index in [4.69, 9.17) is 5.73 Å². The van der Waals surface area contributed by atoms with E-state index in [2.05, 4.69) is 93.8 Å². The molecule has 1 fully saturated rings. The zero-order valence-corrected chi connectivity index (χ0v) is 26.9. The van der Waals surface area contributed by atoms with Crippen LogP contribution in [0.25, 0.3) is 17.2 Å². The number of unbranched alkanes of at least 4 members (excludes halogenated alkanes) is 2. The molecule has 2 N–H and O–H groups in total. The molecule has 42 heavy (non-hydrogen) atoms. The average molecular weight is 563 g/mol. The van der Waals surface area contributed by atoms with E-state index in [0.717, 1.165) is 55.9 Å². The van der Waals surface area contributed by atoms with E-state index in [9.17, 15) is 0 Å². The number of rotatable bonds is 6. The molecule has 3 aromatic carbocycles. The summed E-state index contributed by atoms with van der Waals surface area (Å²) >= 11 is 0. The van der Waals surface area contributed by atoms with Crippen LogP contribution in [0.2, 0.25) is 0 Å².